The fraction of sp³-hybridized carbons (Fsp3) is 0.185. The summed E-state index contributed by atoms with van der Waals surface area (Å²) in [5, 5.41) is 0. The Morgan fingerprint density at radius 2 is 1.39 bits per heavy atom. The normalized spacial score (nSPS) is 12.4. The van der Waals surface area contributed by atoms with Crippen molar-refractivity contribution >= 4 is 35.3 Å². The number of pyridine rings is 2. The molecule has 3 nitrogen and oxygen atoms in total. The Morgan fingerprint density at radius 1 is 0.742 bits per heavy atom. The van der Waals surface area contributed by atoms with Gasteiger partial charge in [-0.2, -0.15) is 0 Å². The Labute approximate surface area is 190 Å². The van der Waals surface area contributed by atoms with Crippen LogP contribution < -0.4 is 13.8 Å². The van der Waals surface area contributed by atoms with Gasteiger partial charge in [0.25, 0.3) is 0 Å². The zero-order chi connectivity index (χ0) is 21.0. The second kappa shape index (κ2) is 9.05. The average molecular weight is 470 g/mol. The SMILES string of the molecule is Cc1ccnc(-c2cc(CCCCN3c4ccccc4[Se]c4ccccc43)ccn2)c1. The first-order valence-electron chi connectivity index (χ1n) is 10.8. The van der Waals surface area contributed by atoms with Crippen LogP contribution in [-0.2, 0) is 6.42 Å². The molecule has 0 bridgehead atoms. The molecule has 4 heteroatoms. The van der Waals surface area contributed by atoms with Crippen molar-refractivity contribution < 1.29 is 0 Å². The Bertz CT molecular complexity index is 1160. The van der Waals surface area contributed by atoms with Gasteiger partial charge in [0, 0.05) is 6.20 Å². The zero-order valence-corrected chi connectivity index (χ0v) is 19.4. The molecule has 4 aromatic rings. The summed E-state index contributed by atoms with van der Waals surface area (Å²) in [6.07, 6.45) is 7.12. The third-order valence-corrected chi connectivity index (χ3v) is 8.00. The van der Waals surface area contributed by atoms with Crippen LogP contribution in [-0.4, -0.2) is 31.5 Å². The van der Waals surface area contributed by atoms with Crippen LogP contribution in [0.1, 0.15) is 24.0 Å². The summed E-state index contributed by atoms with van der Waals surface area (Å²) in [6, 6.07) is 26.2. The molecule has 31 heavy (non-hydrogen) atoms. The summed E-state index contributed by atoms with van der Waals surface area (Å²) in [7, 11) is 0. The van der Waals surface area contributed by atoms with Crippen LogP contribution in [0.5, 0.6) is 0 Å². The molecular weight excluding hydrogens is 445 g/mol. The van der Waals surface area contributed by atoms with E-state index in [1.807, 2.05) is 18.5 Å². The molecule has 0 N–H and O–H groups in total. The van der Waals surface area contributed by atoms with Crippen molar-refractivity contribution in [1.82, 2.24) is 9.97 Å². The van der Waals surface area contributed by atoms with Gasteiger partial charge in [0.1, 0.15) is 0 Å². The number of benzene rings is 2. The van der Waals surface area contributed by atoms with E-state index < -0.39 is 0 Å². The van der Waals surface area contributed by atoms with E-state index in [2.05, 4.69) is 88.5 Å². The number of aryl methyl sites for hydroxylation is 2. The van der Waals surface area contributed by atoms with Crippen LogP contribution in [0.3, 0.4) is 0 Å². The van der Waals surface area contributed by atoms with Crippen molar-refractivity contribution in [3.63, 3.8) is 0 Å². The van der Waals surface area contributed by atoms with Gasteiger partial charge in [-0.1, -0.05) is 0 Å². The molecule has 0 atom stereocenters. The Balaban J connectivity index is 1.26. The van der Waals surface area contributed by atoms with Gasteiger partial charge in [-0.15, -0.1) is 0 Å². The van der Waals surface area contributed by atoms with Gasteiger partial charge in [0.15, 0.2) is 0 Å². The van der Waals surface area contributed by atoms with Crippen LogP contribution in [0, 0.1) is 6.92 Å². The van der Waals surface area contributed by atoms with E-state index in [1.54, 1.807) is 0 Å². The van der Waals surface area contributed by atoms with Gasteiger partial charge in [-0.25, -0.2) is 0 Å². The molecule has 0 aliphatic carbocycles. The Kier molecular flexibility index (Phi) is 5.84. The molecule has 3 heterocycles. The molecule has 154 valence electrons. The van der Waals surface area contributed by atoms with Crippen LogP contribution in [0.25, 0.3) is 11.4 Å². The predicted molar refractivity (Wildman–Crippen MR) is 130 cm³/mol. The van der Waals surface area contributed by atoms with E-state index in [0.717, 1.165) is 37.2 Å². The van der Waals surface area contributed by atoms with Crippen molar-refractivity contribution in [3.8, 4) is 11.4 Å². The van der Waals surface area contributed by atoms with Crippen LogP contribution in [0.4, 0.5) is 11.4 Å². The minimum atomic E-state index is 0.390. The number of rotatable bonds is 6. The summed E-state index contributed by atoms with van der Waals surface area (Å²) in [6.45, 7) is 3.13. The topological polar surface area (TPSA) is 29.0 Å². The Morgan fingerprint density at radius 3 is 2.10 bits per heavy atom. The fourth-order valence-corrected chi connectivity index (χ4v) is 6.37. The van der Waals surface area contributed by atoms with E-state index in [1.165, 1.54) is 31.4 Å². The van der Waals surface area contributed by atoms with Crippen molar-refractivity contribution in [1.29, 1.82) is 0 Å². The molecular formula is C27H25N3Se. The van der Waals surface area contributed by atoms with Crippen LogP contribution in [0.15, 0.2) is 85.2 Å². The first kappa shape index (κ1) is 20.0. The molecule has 0 unspecified atom stereocenters. The summed E-state index contributed by atoms with van der Waals surface area (Å²) in [5.74, 6) is 0. The van der Waals surface area contributed by atoms with Crippen molar-refractivity contribution in [3.05, 3.63) is 96.3 Å². The number of nitrogens with zero attached hydrogens (tertiary/aromatic N) is 3. The summed E-state index contributed by atoms with van der Waals surface area (Å²) in [4.78, 5) is 11.5. The third kappa shape index (κ3) is 4.41. The van der Waals surface area contributed by atoms with E-state index >= 15 is 0 Å². The number of anilines is 2. The van der Waals surface area contributed by atoms with Gasteiger partial charge < -0.3 is 0 Å². The molecule has 0 fully saturated rings. The molecule has 2 aromatic heterocycles. The molecule has 1 aliphatic rings. The number of unbranched alkanes of at least 4 members (excludes halogenated alkanes) is 1. The minimum absolute atomic E-state index is 0.390. The van der Waals surface area contributed by atoms with Crippen molar-refractivity contribution in [2.45, 2.75) is 26.2 Å². The molecule has 0 spiro atoms. The van der Waals surface area contributed by atoms with Crippen LogP contribution >= 0.6 is 0 Å². The van der Waals surface area contributed by atoms with E-state index in [-0.39, 0.29) is 0 Å². The second-order valence-corrected chi connectivity index (χ2v) is 10.2. The summed E-state index contributed by atoms with van der Waals surface area (Å²) in [5.41, 5.74) is 7.22. The molecule has 2 aromatic carbocycles. The third-order valence-electron chi connectivity index (χ3n) is 5.63. The van der Waals surface area contributed by atoms with Gasteiger partial charge in [-0.3, -0.25) is 0 Å². The maximum absolute atomic E-state index is 4.53. The number of hydrogen-bond donors (Lipinski definition) is 0. The zero-order valence-electron chi connectivity index (χ0n) is 17.7. The standard InChI is InChI=1S/C27H25N3Se/c1-20-13-15-28-22(18-20)23-19-21(14-16-29-23)8-6-7-17-30-24-9-2-4-11-26(24)31-27-12-5-3-10-25(27)30/h2-5,9-16,18-19H,6-8,17H2,1H3. The van der Waals surface area contributed by atoms with E-state index in [0.29, 0.717) is 15.0 Å². The molecule has 0 saturated heterocycles. The molecule has 0 radical (unpaired) electrons. The quantitative estimate of drug-likeness (QED) is 0.305. The second-order valence-electron chi connectivity index (χ2n) is 7.91. The van der Waals surface area contributed by atoms with Gasteiger partial charge >= 0.3 is 166 Å². The Hall–Kier alpha value is -2.94. The number of fused-ring (bicyclic) bond motifs is 2. The number of hydrogen-bond acceptors (Lipinski definition) is 3. The first-order chi connectivity index (χ1) is 15.3. The molecule has 5 rings (SSSR count). The average Bonchev–Trinajstić information content (AvgIpc) is 2.81. The van der Waals surface area contributed by atoms with Crippen molar-refractivity contribution in [2.75, 3.05) is 11.4 Å². The van der Waals surface area contributed by atoms with Gasteiger partial charge in [0.05, 0.1) is 0 Å². The monoisotopic (exact) mass is 471 g/mol. The van der Waals surface area contributed by atoms with E-state index in [9.17, 15) is 0 Å². The molecule has 1 aliphatic heterocycles. The fourth-order valence-electron chi connectivity index (χ4n) is 4.07. The maximum atomic E-state index is 4.53. The summed E-state index contributed by atoms with van der Waals surface area (Å²) >= 11 is 0.390. The number of aromatic nitrogens is 2. The molecule has 0 saturated carbocycles. The number of para-hydroxylation sites is 2. The van der Waals surface area contributed by atoms with Gasteiger partial charge in [-0.05, 0) is 18.6 Å². The van der Waals surface area contributed by atoms with Gasteiger partial charge in [0.2, 0.25) is 0 Å². The first-order valence-corrected chi connectivity index (χ1v) is 12.5. The van der Waals surface area contributed by atoms with Crippen molar-refractivity contribution in [2.24, 2.45) is 0 Å². The summed E-state index contributed by atoms with van der Waals surface area (Å²) < 4.78 is 2.97. The van der Waals surface area contributed by atoms with Crippen LogP contribution in [0.2, 0.25) is 0 Å². The molecule has 0 amide bonds. The van der Waals surface area contributed by atoms with E-state index in [4.69, 9.17) is 0 Å². The predicted octanol–water partition coefficient (Wildman–Crippen LogP) is 4.58.